The lowest BCUT2D eigenvalue weighted by Gasteiger charge is -2.09. The fraction of sp³-hybridized carbons (Fsp3) is 0.0625. The molecule has 116 valence electrons. The molecule has 1 heterocycles. The average Bonchev–Trinajstić information content (AvgIpc) is 3.07. The normalized spacial score (nSPS) is 10.7. The molecule has 7 nitrogen and oxygen atoms in total. The van der Waals surface area contributed by atoms with E-state index in [0.717, 1.165) is 6.08 Å². The van der Waals surface area contributed by atoms with Crippen LogP contribution in [0.4, 0.5) is 0 Å². The third-order valence-corrected chi connectivity index (χ3v) is 2.76. The van der Waals surface area contributed by atoms with Crippen molar-refractivity contribution in [2.24, 2.45) is 0 Å². The van der Waals surface area contributed by atoms with Crippen molar-refractivity contribution in [3.05, 3.63) is 53.5 Å². The standard InChI is InChI=1S/C16H11NO6/c1-21-14-8-10(7-11(9-17)15(18)19)4-5-12(14)23-16(20)13-3-2-6-22-13/h2-8H,1H3,(H,18,19)/p-1/b11-7+. The molecule has 0 aliphatic carbocycles. The fourth-order valence-electron chi connectivity index (χ4n) is 1.71. The molecule has 0 saturated heterocycles. The van der Waals surface area contributed by atoms with Gasteiger partial charge in [0.25, 0.3) is 0 Å². The molecule has 2 rings (SSSR count). The number of hydrogen-bond donors (Lipinski definition) is 0. The van der Waals surface area contributed by atoms with Crippen molar-refractivity contribution in [2.45, 2.75) is 0 Å². The second-order valence-corrected chi connectivity index (χ2v) is 4.23. The third-order valence-electron chi connectivity index (χ3n) is 2.76. The van der Waals surface area contributed by atoms with E-state index in [1.165, 1.54) is 43.7 Å². The van der Waals surface area contributed by atoms with Crippen molar-refractivity contribution in [1.29, 1.82) is 5.26 Å². The highest BCUT2D eigenvalue weighted by Gasteiger charge is 2.15. The summed E-state index contributed by atoms with van der Waals surface area (Å²) in [5, 5.41) is 19.4. The number of methoxy groups -OCH3 is 1. The maximum Gasteiger partial charge on any atom is 0.379 e. The highest BCUT2D eigenvalue weighted by molar-refractivity contribution is 5.95. The molecule has 0 aliphatic heterocycles. The number of benzene rings is 1. The zero-order valence-corrected chi connectivity index (χ0v) is 11.9. The Balaban J connectivity index is 2.28. The predicted octanol–water partition coefficient (Wildman–Crippen LogP) is 1.16. The Morgan fingerprint density at radius 3 is 2.65 bits per heavy atom. The molecule has 0 fully saturated rings. The molecule has 0 bridgehead atoms. The Kier molecular flexibility index (Phi) is 4.79. The van der Waals surface area contributed by atoms with Gasteiger partial charge in [0.2, 0.25) is 5.76 Å². The minimum absolute atomic E-state index is 0.0275. The zero-order chi connectivity index (χ0) is 16.8. The highest BCUT2D eigenvalue weighted by atomic mass is 16.6. The fourth-order valence-corrected chi connectivity index (χ4v) is 1.71. The first-order valence-corrected chi connectivity index (χ1v) is 6.32. The molecule has 0 amide bonds. The Hall–Kier alpha value is -3.53. The van der Waals surface area contributed by atoms with Gasteiger partial charge in [-0.2, -0.15) is 5.26 Å². The zero-order valence-electron chi connectivity index (χ0n) is 11.9. The lowest BCUT2D eigenvalue weighted by molar-refractivity contribution is -0.298. The number of hydrogen-bond acceptors (Lipinski definition) is 7. The van der Waals surface area contributed by atoms with Gasteiger partial charge in [0.05, 0.1) is 24.9 Å². The van der Waals surface area contributed by atoms with E-state index in [-0.39, 0.29) is 17.3 Å². The van der Waals surface area contributed by atoms with Gasteiger partial charge < -0.3 is 23.8 Å². The number of carbonyl (C=O) groups is 2. The van der Waals surface area contributed by atoms with Gasteiger partial charge in [0.1, 0.15) is 6.07 Å². The number of esters is 1. The van der Waals surface area contributed by atoms with E-state index in [9.17, 15) is 14.7 Å². The Bertz CT molecular complexity index is 798. The largest absolute Gasteiger partial charge is 0.544 e. The van der Waals surface area contributed by atoms with E-state index in [0.29, 0.717) is 5.56 Å². The second kappa shape index (κ2) is 6.95. The molecule has 0 saturated carbocycles. The number of carboxylic acids is 1. The van der Waals surface area contributed by atoms with Crippen LogP contribution in [0.3, 0.4) is 0 Å². The number of nitrogens with zero attached hydrogens (tertiary/aromatic N) is 1. The van der Waals surface area contributed by atoms with Gasteiger partial charge in [-0.25, -0.2) is 4.79 Å². The topological polar surface area (TPSA) is 113 Å². The van der Waals surface area contributed by atoms with Gasteiger partial charge in [-0.15, -0.1) is 0 Å². The van der Waals surface area contributed by atoms with Gasteiger partial charge in [-0.05, 0) is 35.9 Å². The number of aliphatic carboxylic acids is 1. The molecule has 0 N–H and O–H groups in total. The SMILES string of the molecule is COc1cc(/C=C(\C#N)C(=O)[O-])ccc1OC(=O)c1ccco1. The number of ether oxygens (including phenoxy) is 2. The molecule has 1 aromatic heterocycles. The van der Waals surface area contributed by atoms with Crippen LogP contribution in [0.25, 0.3) is 6.08 Å². The Morgan fingerprint density at radius 1 is 1.30 bits per heavy atom. The molecule has 0 aliphatic rings. The first kappa shape index (κ1) is 15.9. The lowest BCUT2D eigenvalue weighted by Crippen LogP contribution is -2.23. The molecule has 1 aromatic carbocycles. The van der Waals surface area contributed by atoms with Crippen molar-refractivity contribution in [3.63, 3.8) is 0 Å². The van der Waals surface area contributed by atoms with Crippen LogP contribution in [0, 0.1) is 11.3 Å². The summed E-state index contributed by atoms with van der Waals surface area (Å²) in [5.74, 6) is -1.95. The third kappa shape index (κ3) is 3.77. The monoisotopic (exact) mass is 312 g/mol. The van der Waals surface area contributed by atoms with Gasteiger partial charge in [-0.1, -0.05) is 6.07 Å². The summed E-state index contributed by atoms with van der Waals surface area (Å²) in [5.41, 5.74) is -0.159. The van der Waals surface area contributed by atoms with Gasteiger partial charge >= 0.3 is 5.97 Å². The van der Waals surface area contributed by atoms with Gasteiger partial charge in [0, 0.05) is 0 Å². The van der Waals surface area contributed by atoms with Crippen molar-refractivity contribution in [3.8, 4) is 17.6 Å². The van der Waals surface area contributed by atoms with Crippen molar-refractivity contribution >= 4 is 18.0 Å². The summed E-state index contributed by atoms with van der Waals surface area (Å²) in [6, 6.07) is 8.81. The molecule has 2 aromatic rings. The minimum atomic E-state index is -1.58. The van der Waals surface area contributed by atoms with E-state index < -0.39 is 17.5 Å². The van der Waals surface area contributed by atoms with E-state index >= 15 is 0 Å². The number of rotatable bonds is 5. The average molecular weight is 312 g/mol. The van der Waals surface area contributed by atoms with Crippen LogP contribution in [0.15, 0.2) is 46.6 Å². The van der Waals surface area contributed by atoms with Crippen LogP contribution >= 0.6 is 0 Å². The number of carbonyl (C=O) groups excluding carboxylic acids is 2. The van der Waals surface area contributed by atoms with E-state index in [1.54, 1.807) is 6.07 Å². The van der Waals surface area contributed by atoms with Crippen LogP contribution in [0.1, 0.15) is 16.1 Å². The molecule has 0 radical (unpaired) electrons. The molecule has 7 heteroatoms. The van der Waals surface area contributed by atoms with Crippen LogP contribution in [-0.2, 0) is 4.79 Å². The smallest absolute Gasteiger partial charge is 0.379 e. The summed E-state index contributed by atoms with van der Waals surface area (Å²) >= 11 is 0. The van der Waals surface area contributed by atoms with Gasteiger partial charge in [-0.3, -0.25) is 0 Å². The van der Waals surface area contributed by atoms with Crippen molar-refractivity contribution in [1.82, 2.24) is 0 Å². The molecular formula is C16H10NO6-. The van der Waals surface area contributed by atoms with Crippen LogP contribution in [-0.4, -0.2) is 19.0 Å². The van der Waals surface area contributed by atoms with E-state index in [2.05, 4.69) is 0 Å². The maximum atomic E-state index is 11.8. The van der Waals surface area contributed by atoms with Crippen LogP contribution < -0.4 is 14.6 Å². The van der Waals surface area contributed by atoms with Crippen LogP contribution in [0.2, 0.25) is 0 Å². The molecule has 23 heavy (non-hydrogen) atoms. The Labute approximate surface area is 131 Å². The Morgan fingerprint density at radius 2 is 2.09 bits per heavy atom. The van der Waals surface area contributed by atoms with E-state index in [1.807, 2.05) is 0 Å². The number of furan rings is 1. The van der Waals surface area contributed by atoms with Crippen molar-refractivity contribution in [2.75, 3.05) is 7.11 Å². The summed E-state index contributed by atoms with van der Waals surface area (Å²) in [7, 11) is 1.36. The van der Waals surface area contributed by atoms with Gasteiger partial charge in [0.15, 0.2) is 11.5 Å². The summed E-state index contributed by atoms with van der Waals surface area (Å²) in [6.07, 6.45) is 2.46. The quantitative estimate of drug-likeness (QED) is 0.352. The second-order valence-electron chi connectivity index (χ2n) is 4.23. The molecule has 0 spiro atoms. The maximum absolute atomic E-state index is 11.8. The molecule has 0 unspecified atom stereocenters. The lowest BCUT2D eigenvalue weighted by atomic mass is 10.1. The summed E-state index contributed by atoms with van der Waals surface area (Å²) < 4.78 is 15.2. The van der Waals surface area contributed by atoms with E-state index in [4.69, 9.17) is 19.2 Å². The predicted molar refractivity (Wildman–Crippen MR) is 75.3 cm³/mol. The first-order chi connectivity index (χ1) is 11.0. The minimum Gasteiger partial charge on any atom is -0.544 e. The number of nitriles is 1. The molecule has 0 atom stereocenters. The van der Waals surface area contributed by atoms with Crippen molar-refractivity contribution < 1.29 is 28.6 Å². The molecular weight excluding hydrogens is 302 g/mol. The van der Waals surface area contributed by atoms with Crippen LogP contribution in [0.5, 0.6) is 11.5 Å². The summed E-state index contributed by atoms with van der Waals surface area (Å²) in [4.78, 5) is 22.5. The first-order valence-electron chi connectivity index (χ1n) is 6.32. The number of carboxylic acid groups (broad SMARTS) is 1. The summed E-state index contributed by atoms with van der Waals surface area (Å²) in [6.45, 7) is 0. The highest BCUT2D eigenvalue weighted by Crippen LogP contribution is 2.29.